The van der Waals surface area contributed by atoms with Gasteiger partial charge in [-0.05, 0) is 43.9 Å². The molecule has 1 saturated heterocycles. The van der Waals surface area contributed by atoms with Crippen LogP contribution in [0.2, 0.25) is 5.02 Å². The highest BCUT2D eigenvalue weighted by Gasteiger charge is 2.26. The van der Waals surface area contributed by atoms with Crippen LogP contribution in [0.3, 0.4) is 0 Å². The highest BCUT2D eigenvalue weighted by Crippen LogP contribution is 2.24. The molecule has 2 rings (SSSR count). The van der Waals surface area contributed by atoms with Gasteiger partial charge in [-0.1, -0.05) is 18.5 Å². The molecule has 1 unspecified atom stereocenters. The van der Waals surface area contributed by atoms with Crippen LogP contribution in [0.5, 0.6) is 0 Å². The predicted molar refractivity (Wildman–Crippen MR) is 74.8 cm³/mol. The molecule has 1 aromatic carbocycles. The van der Waals surface area contributed by atoms with Crippen LogP contribution in [0.1, 0.15) is 43.0 Å². The highest BCUT2D eigenvalue weighted by molar-refractivity contribution is 6.33. The third-order valence-electron chi connectivity index (χ3n) is 3.61. The minimum Gasteiger partial charge on any atom is -0.398 e. The molecule has 0 radical (unpaired) electrons. The Morgan fingerprint density at radius 1 is 1.50 bits per heavy atom. The lowest BCUT2D eigenvalue weighted by Gasteiger charge is -2.35. The smallest absolute Gasteiger partial charge is 0.254 e. The summed E-state index contributed by atoms with van der Waals surface area (Å²) in [5, 5.41) is 0.450. The summed E-state index contributed by atoms with van der Waals surface area (Å²) >= 11 is 5.97. The lowest BCUT2D eigenvalue weighted by atomic mass is 9.99. The van der Waals surface area contributed by atoms with E-state index in [1.165, 1.54) is 6.42 Å². The number of rotatable bonds is 2. The molecule has 3 nitrogen and oxygen atoms in total. The minimum atomic E-state index is 0.0726. The number of carbonyl (C=O) groups excluding carboxylic acids is 1. The Balaban J connectivity index is 2.21. The third kappa shape index (κ3) is 2.61. The molecule has 2 N–H and O–H groups in total. The SMILES string of the molecule is CCC1CCCCN1C(=O)c1ccc(N)c(Cl)c1. The van der Waals surface area contributed by atoms with E-state index in [-0.39, 0.29) is 5.91 Å². The number of benzene rings is 1. The summed E-state index contributed by atoms with van der Waals surface area (Å²) in [4.78, 5) is 14.4. The Kier molecular flexibility index (Phi) is 4.12. The fraction of sp³-hybridized carbons (Fsp3) is 0.500. The maximum absolute atomic E-state index is 12.5. The number of nitrogens with zero attached hydrogens (tertiary/aromatic N) is 1. The second kappa shape index (κ2) is 5.61. The van der Waals surface area contributed by atoms with Crippen LogP contribution in [-0.4, -0.2) is 23.4 Å². The zero-order valence-corrected chi connectivity index (χ0v) is 11.4. The zero-order valence-electron chi connectivity index (χ0n) is 10.7. The van der Waals surface area contributed by atoms with Gasteiger partial charge in [-0.15, -0.1) is 0 Å². The van der Waals surface area contributed by atoms with Gasteiger partial charge in [-0.25, -0.2) is 0 Å². The summed E-state index contributed by atoms with van der Waals surface area (Å²) in [7, 11) is 0. The fourth-order valence-corrected chi connectivity index (χ4v) is 2.70. The molecule has 1 aromatic rings. The molecule has 0 bridgehead atoms. The average molecular weight is 267 g/mol. The molecule has 1 atom stereocenters. The predicted octanol–water partition coefficient (Wildman–Crippen LogP) is 3.33. The molecule has 98 valence electrons. The molecule has 0 spiro atoms. The van der Waals surface area contributed by atoms with Gasteiger partial charge in [0.1, 0.15) is 0 Å². The summed E-state index contributed by atoms with van der Waals surface area (Å²) in [6.45, 7) is 2.98. The Labute approximate surface area is 113 Å². The number of hydrogen-bond donors (Lipinski definition) is 1. The first-order valence-corrected chi connectivity index (χ1v) is 6.87. The summed E-state index contributed by atoms with van der Waals surface area (Å²) in [5.41, 5.74) is 6.81. The zero-order chi connectivity index (χ0) is 13.1. The number of anilines is 1. The van der Waals surface area contributed by atoms with Gasteiger partial charge >= 0.3 is 0 Å². The Bertz CT molecular complexity index is 447. The summed E-state index contributed by atoms with van der Waals surface area (Å²) < 4.78 is 0. The van der Waals surface area contributed by atoms with Crippen molar-refractivity contribution in [1.82, 2.24) is 4.90 Å². The first-order valence-electron chi connectivity index (χ1n) is 6.49. The number of nitrogen functional groups attached to an aromatic ring is 1. The second-order valence-electron chi connectivity index (χ2n) is 4.79. The molecular formula is C14H19ClN2O. The van der Waals surface area contributed by atoms with Crippen molar-refractivity contribution in [2.24, 2.45) is 0 Å². The van der Waals surface area contributed by atoms with Gasteiger partial charge in [0.15, 0.2) is 0 Å². The maximum Gasteiger partial charge on any atom is 0.254 e. The van der Waals surface area contributed by atoms with Gasteiger partial charge in [0.05, 0.1) is 10.7 Å². The molecule has 0 aromatic heterocycles. The van der Waals surface area contributed by atoms with Crippen LogP contribution in [0.4, 0.5) is 5.69 Å². The van der Waals surface area contributed by atoms with Crippen molar-refractivity contribution in [3.05, 3.63) is 28.8 Å². The molecule has 0 aliphatic carbocycles. The Morgan fingerprint density at radius 2 is 2.28 bits per heavy atom. The van der Waals surface area contributed by atoms with Gasteiger partial charge in [0.2, 0.25) is 0 Å². The largest absolute Gasteiger partial charge is 0.398 e. The number of amides is 1. The molecule has 1 fully saturated rings. The summed E-state index contributed by atoms with van der Waals surface area (Å²) in [6.07, 6.45) is 4.41. The van der Waals surface area contributed by atoms with Crippen molar-refractivity contribution in [1.29, 1.82) is 0 Å². The molecular weight excluding hydrogens is 248 g/mol. The number of nitrogens with two attached hydrogens (primary N) is 1. The van der Waals surface area contributed by atoms with E-state index in [4.69, 9.17) is 17.3 Å². The second-order valence-corrected chi connectivity index (χ2v) is 5.20. The van der Waals surface area contributed by atoms with E-state index in [1.54, 1.807) is 18.2 Å². The molecule has 1 amide bonds. The Morgan fingerprint density at radius 3 is 2.94 bits per heavy atom. The van der Waals surface area contributed by atoms with Crippen LogP contribution in [0.25, 0.3) is 0 Å². The average Bonchev–Trinajstić information content (AvgIpc) is 2.41. The van der Waals surface area contributed by atoms with Gasteiger partial charge < -0.3 is 10.6 Å². The number of halogens is 1. The number of piperidine rings is 1. The van der Waals surface area contributed by atoms with Crippen molar-refractivity contribution in [3.8, 4) is 0 Å². The maximum atomic E-state index is 12.5. The van der Waals surface area contributed by atoms with Crippen molar-refractivity contribution < 1.29 is 4.79 Å². The standard InChI is InChI=1S/C14H19ClN2O/c1-2-11-5-3-4-8-17(11)14(18)10-6-7-13(16)12(15)9-10/h6-7,9,11H,2-5,8,16H2,1H3. The normalized spacial score (nSPS) is 19.9. The first kappa shape index (κ1) is 13.2. The third-order valence-corrected chi connectivity index (χ3v) is 3.93. The topological polar surface area (TPSA) is 46.3 Å². The monoisotopic (exact) mass is 266 g/mol. The van der Waals surface area contributed by atoms with E-state index in [0.717, 1.165) is 25.8 Å². The van der Waals surface area contributed by atoms with Gasteiger partial charge in [-0.2, -0.15) is 0 Å². The molecule has 4 heteroatoms. The highest BCUT2D eigenvalue weighted by atomic mass is 35.5. The van der Waals surface area contributed by atoms with Crippen LogP contribution >= 0.6 is 11.6 Å². The fourth-order valence-electron chi connectivity index (χ4n) is 2.52. The van der Waals surface area contributed by atoms with Crippen LogP contribution in [-0.2, 0) is 0 Å². The number of likely N-dealkylation sites (tertiary alicyclic amines) is 1. The van der Waals surface area contributed by atoms with Crippen molar-refractivity contribution in [3.63, 3.8) is 0 Å². The van der Waals surface area contributed by atoms with E-state index in [2.05, 4.69) is 6.92 Å². The van der Waals surface area contributed by atoms with E-state index in [0.29, 0.717) is 22.3 Å². The molecule has 1 aliphatic heterocycles. The summed E-state index contributed by atoms with van der Waals surface area (Å²) in [6, 6.07) is 5.48. The molecule has 1 aliphatic rings. The van der Waals surface area contributed by atoms with E-state index >= 15 is 0 Å². The van der Waals surface area contributed by atoms with Crippen LogP contribution in [0, 0.1) is 0 Å². The molecule has 18 heavy (non-hydrogen) atoms. The van der Waals surface area contributed by atoms with Crippen molar-refractivity contribution in [2.75, 3.05) is 12.3 Å². The number of hydrogen-bond acceptors (Lipinski definition) is 2. The van der Waals surface area contributed by atoms with E-state index < -0.39 is 0 Å². The van der Waals surface area contributed by atoms with Crippen LogP contribution in [0.15, 0.2) is 18.2 Å². The Hall–Kier alpha value is -1.22. The lowest BCUT2D eigenvalue weighted by molar-refractivity contribution is 0.0608. The van der Waals surface area contributed by atoms with Crippen molar-refractivity contribution in [2.45, 2.75) is 38.6 Å². The molecule has 1 heterocycles. The van der Waals surface area contributed by atoms with Gasteiger partial charge in [0.25, 0.3) is 5.91 Å². The van der Waals surface area contributed by atoms with Gasteiger partial charge in [0, 0.05) is 18.2 Å². The number of carbonyl (C=O) groups is 1. The van der Waals surface area contributed by atoms with E-state index in [9.17, 15) is 4.79 Å². The minimum absolute atomic E-state index is 0.0726. The quantitative estimate of drug-likeness (QED) is 0.835. The van der Waals surface area contributed by atoms with Gasteiger partial charge in [-0.3, -0.25) is 4.79 Å². The van der Waals surface area contributed by atoms with Crippen LogP contribution < -0.4 is 5.73 Å². The summed E-state index contributed by atoms with van der Waals surface area (Å²) in [5.74, 6) is 0.0726. The van der Waals surface area contributed by atoms with Crippen molar-refractivity contribution >= 4 is 23.2 Å². The van der Waals surface area contributed by atoms with E-state index in [1.807, 2.05) is 4.90 Å². The first-order chi connectivity index (χ1) is 8.63. The lowest BCUT2D eigenvalue weighted by Crippen LogP contribution is -2.43. The molecule has 0 saturated carbocycles.